The summed E-state index contributed by atoms with van der Waals surface area (Å²) in [5, 5.41) is 16.0. The molecular weight excluding hydrogens is 678 g/mol. The number of aryl methyl sites for hydroxylation is 2. The zero-order chi connectivity index (χ0) is 35.4. The number of allylic oxidation sites excluding steroid dienone is 1. The van der Waals surface area contributed by atoms with E-state index >= 15 is 0 Å². The molecule has 2 amide bonds. The van der Waals surface area contributed by atoms with Crippen LogP contribution in [0.25, 0.3) is 0 Å². The smallest absolute Gasteiger partial charge is 0.285 e. The summed E-state index contributed by atoms with van der Waals surface area (Å²) < 4.78 is 31.6. The number of nitrogens with zero attached hydrogens (tertiary/aromatic N) is 5. The Labute approximate surface area is 298 Å². The largest absolute Gasteiger partial charge is 0.491 e. The van der Waals surface area contributed by atoms with Crippen LogP contribution in [0.3, 0.4) is 0 Å². The molecule has 1 unspecified atom stereocenters. The number of aliphatic imine (C=N–C) groups is 1. The van der Waals surface area contributed by atoms with E-state index in [1.165, 1.54) is 23.6 Å². The van der Waals surface area contributed by atoms with Gasteiger partial charge in [-0.3, -0.25) is 14.3 Å². The standard InChI is InChI=1S/C37H44ClN5O6S/c1-24-7-6-9-33(44)30-14-11-28(30)20-43-19-27-10-13-29(38)17-25(27)8-4-5-16-49-34-15-12-26(18-32(34)43)35(45)41-50(47,22-24)23-39-36(46)31-21-42(2)40-37(31)48-3/h6,9-10,12-13,15,17-18,21,23-24,28,30,33,44H,4-5,7-8,11,14,16,19-20,22H2,1-3H3/b9-6+,39-23+/t24-,28-,30+,33-,50?/m0/s1. The number of benzene rings is 2. The Balaban J connectivity index is 1.44. The van der Waals surface area contributed by atoms with Crippen LogP contribution >= 0.6 is 11.6 Å². The molecule has 266 valence electrons. The van der Waals surface area contributed by atoms with Crippen LogP contribution in [0.5, 0.6) is 11.6 Å². The van der Waals surface area contributed by atoms with Crippen LogP contribution in [0.15, 0.2) is 64.1 Å². The molecular formula is C37H44ClN5O6S. The van der Waals surface area contributed by atoms with Crippen LogP contribution < -0.4 is 14.4 Å². The summed E-state index contributed by atoms with van der Waals surface area (Å²) in [5.41, 5.74) is 4.38. The van der Waals surface area contributed by atoms with Gasteiger partial charge in [-0.25, -0.2) is 9.20 Å². The number of amides is 2. The molecule has 13 heteroatoms. The van der Waals surface area contributed by atoms with E-state index in [1.54, 1.807) is 25.2 Å². The van der Waals surface area contributed by atoms with Crippen LogP contribution in [0, 0.1) is 17.8 Å². The van der Waals surface area contributed by atoms with Gasteiger partial charge < -0.3 is 19.5 Å². The number of ether oxygens (including phenoxy) is 2. The summed E-state index contributed by atoms with van der Waals surface area (Å²) >= 11 is 6.43. The van der Waals surface area contributed by atoms with Gasteiger partial charge in [-0.05, 0) is 97.7 Å². The fourth-order valence-electron chi connectivity index (χ4n) is 6.94. The molecule has 1 aliphatic carbocycles. The molecule has 3 aliphatic rings. The predicted octanol–water partition coefficient (Wildman–Crippen LogP) is 6.26. The molecule has 2 aromatic carbocycles. The van der Waals surface area contributed by atoms with Crippen molar-refractivity contribution >= 4 is 44.4 Å². The number of halogens is 1. The second kappa shape index (κ2) is 15.5. The Morgan fingerprint density at radius 3 is 2.80 bits per heavy atom. The van der Waals surface area contributed by atoms with E-state index in [1.807, 2.05) is 31.2 Å². The molecule has 11 nitrogen and oxygen atoms in total. The highest BCUT2D eigenvalue weighted by atomic mass is 35.5. The van der Waals surface area contributed by atoms with E-state index in [4.69, 9.17) is 21.1 Å². The predicted molar refractivity (Wildman–Crippen MR) is 195 cm³/mol. The van der Waals surface area contributed by atoms with E-state index in [9.17, 15) is 18.9 Å². The van der Waals surface area contributed by atoms with E-state index in [-0.39, 0.29) is 40.5 Å². The van der Waals surface area contributed by atoms with Gasteiger partial charge in [0.2, 0.25) is 5.88 Å². The lowest BCUT2D eigenvalue weighted by atomic mass is 9.70. The van der Waals surface area contributed by atoms with Gasteiger partial charge in [-0.1, -0.05) is 36.7 Å². The summed E-state index contributed by atoms with van der Waals surface area (Å²) in [4.78, 5) is 33.2. The number of hydrogen-bond acceptors (Lipinski definition) is 8. The maximum Gasteiger partial charge on any atom is 0.285 e. The van der Waals surface area contributed by atoms with Crippen LogP contribution in [-0.2, 0) is 29.7 Å². The van der Waals surface area contributed by atoms with E-state index in [0.29, 0.717) is 36.9 Å². The zero-order valence-corrected chi connectivity index (χ0v) is 30.2. The summed E-state index contributed by atoms with van der Waals surface area (Å²) in [6.07, 6.45) is 9.59. The van der Waals surface area contributed by atoms with Crippen molar-refractivity contribution < 1.29 is 28.4 Å². The molecule has 0 saturated heterocycles. The Kier molecular flexibility index (Phi) is 11.1. The number of hydrogen-bond donors (Lipinski definition) is 1. The van der Waals surface area contributed by atoms with Gasteiger partial charge in [0.15, 0.2) is 0 Å². The molecule has 1 saturated carbocycles. The molecule has 2 bridgehead atoms. The van der Waals surface area contributed by atoms with Crippen molar-refractivity contribution in [2.45, 2.75) is 58.1 Å². The number of rotatable bonds is 3. The van der Waals surface area contributed by atoms with Gasteiger partial charge in [-0.15, -0.1) is 5.10 Å². The number of carbonyl (C=O) groups excluding carboxylic acids is 2. The van der Waals surface area contributed by atoms with Crippen molar-refractivity contribution in [1.82, 2.24) is 9.78 Å². The molecule has 6 rings (SSSR count). The number of fused-ring (bicyclic) bond motifs is 3. The van der Waals surface area contributed by atoms with Crippen molar-refractivity contribution in [2.24, 2.45) is 34.2 Å². The first-order valence-corrected chi connectivity index (χ1v) is 19.2. The van der Waals surface area contributed by atoms with Crippen molar-refractivity contribution in [3.63, 3.8) is 0 Å². The average molecular weight is 722 g/mol. The SMILES string of the molecule is COc1nn(C)cc1C(=O)/N=C/S1(=O)=NC(=O)c2ccc3c(c2)N(Cc2ccc(Cl)cc2CCCCO3)C[C@@H]2CC[C@H]2[C@@H](O)/C=C/C[C@H](C)C1. The molecule has 3 aromatic rings. The van der Waals surface area contributed by atoms with Crippen molar-refractivity contribution in [1.29, 1.82) is 0 Å². The second-order valence-corrected chi connectivity index (χ2v) is 16.1. The fourth-order valence-corrected chi connectivity index (χ4v) is 8.94. The highest BCUT2D eigenvalue weighted by molar-refractivity contribution is 8.06. The topological polar surface area (TPSA) is 136 Å². The first kappa shape index (κ1) is 35.8. The molecule has 3 heterocycles. The third-order valence-electron chi connectivity index (χ3n) is 9.73. The van der Waals surface area contributed by atoms with Crippen LogP contribution in [0.4, 0.5) is 5.69 Å². The molecule has 2 aliphatic heterocycles. The van der Waals surface area contributed by atoms with Gasteiger partial charge in [0.25, 0.3) is 11.8 Å². The van der Waals surface area contributed by atoms with Gasteiger partial charge in [0.1, 0.15) is 16.9 Å². The number of anilines is 1. The van der Waals surface area contributed by atoms with Crippen LogP contribution in [0.2, 0.25) is 5.02 Å². The van der Waals surface area contributed by atoms with Gasteiger partial charge in [0.05, 0.1) is 35.2 Å². The lowest BCUT2D eigenvalue weighted by Gasteiger charge is -2.42. The minimum atomic E-state index is -3.47. The molecule has 1 aromatic heterocycles. The molecule has 0 spiro atoms. The average Bonchev–Trinajstić information content (AvgIpc) is 3.44. The van der Waals surface area contributed by atoms with Gasteiger partial charge >= 0.3 is 0 Å². The quantitative estimate of drug-likeness (QED) is 0.190. The third kappa shape index (κ3) is 8.30. The van der Waals surface area contributed by atoms with Crippen molar-refractivity contribution in [2.75, 3.05) is 30.9 Å². The molecule has 50 heavy (non-hydrogen) atoms. The Morgan fingerprint density at radius 1 is 1.18 bits per heavy atom. The number of aliphatic hydroxyl groups excluding tert-OH is 1. The zero-order valence-electron chi connectivity index (χ0n) is 28.7. The molecule has 5 atom stereocenters. The summed E-state index contributed by atoms with van der Waals surface area (Å²) in [6.45, 7) is 3.59. The lowest BCUT2D eigenvalue weighted by Crippen LogP contribution is -2.43. The fraction of sp³-hybridized carbons (Fsp3) is 0.459. The number of methoxy groups -OCH3 is 1. The first-order chi connectivity index (χ1) is 24.0. The molecule has 1 fully saturated rings. The highest BCUT2D eigenvalue weighted by Crippen LogP contribution is 2.41. The number of aliphatic hydroxyl groups is 1. The third-order valence-corrected chi connectivity index (χ3v) is 11.9. The molecule has 0 radical (unpaired) electrons. The van der Waals surface area contributed by atoms with Gasteiger partial charge in [-0.2, -0.15) is 4.36 Å². The maximum absolute atomic E-state index is 14.4. The summed E-state index contributed by atoms with van der Waals surface area (Å²) in [5.74, 6) is -0.583. The Hall–Kier alpha value is -4.00. The first-order valence-electron chi connectivity index (χ1n) is 17.1. The Bertz CT molecular complexity index is 1930. The monoisotopic (exact) mass is 721 g/mol. The number of carbonyl (C=O) groups is 2. The molecule has 1 N–H and O–H groups in total. The van der Waals surface area contributed by atoms with Crippen molar-refractivity contribution in [3.8, 4) is 11.6 Å². The van der Waals surface area contributed by atoms with Crippen molar-refractivity contribution in [3.05, 3.63) is 82.0 Å². The highest BCUT2D eigenvalue weighted by Gasteiger charge is 2.37. The van der Waals surface area contributed by atoms with E-state index in [2.05, 4.69) is 25.4 Å². The Morgan fingerprint density at radius 2 is 2.02 bits per heavy atom. The second-order valence-electron chi connectivity index (χ2n) is 13.6. The minimum Gasteiger partial charge on any atom is -0.491 e. The van der Waals surface area contributed by atoms with E-state index < -0.39 is 27.6 Å². The normalized spacial score (nSPS) is 26.7. The van der Waals surface area contributed by atoms with Crippen LogP contribution in [0.1, 0.15) is 70.9 Å². The van der Waals surface area contributed by atoms with E-state index in [0.717, 1.165) is 48.9 Å². The minimum absolute atomic E-state index is 0.0221. The maximum atomic E-state index is 14.4. The van der Waals surface area contributed by atoms with Gasteiger partial charge in [0, 0.05) is 42.7 Å². The number of aromatic nitrogens is 2. The van der Waals surface area contributed by atoms with Crippen LogP contribution in [-0.4, -0.2) is 68.6 Å². The summed E-state index contributed by atoms with van der Waals surface area (Å²) in [7, 11) is -0.432. The summed E-state index contributed by atoms with van der Waals surface area (Å²) in [6, 6.07) is 11.2. The lowest BCUT2D eigenvalue weighted by molar-refractivity contribution is 0.0459.